The molecule has 0 aliphatic heterocycles. The molecule has 1 N–H and O–H groups in total. The smallest absolute Gasteiger partial charge is 0.228 e. The van der Waals surface area contributed by atoms with Crippen molar-refractivity contribution >= 4 is 11.6 Å². The highest BCUT2D eigenvalue weighted by molar-refractivity contribution is 5.95. The van der Waals surface area contributed by atoms with Crippen LogP contribution in [0.2, 0.25) is 0 Å². The van der Waals surface area contributed by atoms with Gasteiger partial charge in [-0.05, 0) is 49.8 Å². The van der Waals surface area contributed by atoms with E-state index >= 15 is 0 Å². The lowest BCUT2D eigenvalue weighted by atomic mass is 10.1. The molecule has 2 rings (SSSR count). The van der Waals surface area contributed by atoms with E-state index < -0.39 is 0 Å². The van der Waals surface area contributed by atoms with Gasteiger partial charge in [-0.15, -0.1) is 0 Å². The molecule has 2 nitrogen and oxygen atoms in total. The number of amides is 1. The van der Waals surface area contributed by atoms with Gasteiger partial charge in [0.15, 0.2) is 0 Å². The third-order valence-corrected chi connectivity index (χ3v) is 3.99. The first-order valence-electron chi connectivity index (χ1n) is 6.85. The summed E-state index contributed by atoms with van der Waals surface area (Å²) < 4.78 is 0. The maximum atomic E-state index is 12.4. The summed E-state index contributed by atoms with van der Waals surface area (Å²) in [4.78, 5) is 12.4. The molecule has 0 spiro atoms. The number of carbonyl (C=O) groups excluding carboxylic acids is 1. The molecule has 0 saturated heterocycles. The Morgan fingerprint density at radius 1 is 1.32 bits per heavy atom. The fraction of sp³-hybridized carbons (Fsp3) is 0.471. The average molecular weight is 257 g/mol. The maximum absolute atomic E-state index is 12.4. The number of hydrogen-bond acceptors (Lipinski definition) is 1. The lowest BCUT2D eigenvalue weighted by Crippen LogP contribution is -2.16. The Labute approximate surface area is 115 Å². The van der Waals surface area contributed by atoms with E-state index in [-0.39, 0.29) is 17.2 Å². The molecule has 2 unspecified atom stereocenters. The second-order valence-electron chi connectivity index (χ2n) is 6.43. The van der Waals surface area contributed by atoms with Gasteiger partial charge in [-0.25, -0.2) is 0 Å². The highest BCUT2D eigenvalue weighted by Crippen LogP contribution is 2.59. The van der Waals surface area contributed by atoms with Crippen molar-refractivity contribution < 1.29 is 4.79 Å². The number of hydrogen-bond donors (Lipinski definition) is 1. The van der Waals surface area contributed by atoms with Crippen LogP contribution < -0.4 is 5.32 Å². The summed E-state index contributed by atoms with van der Waals surface area (Å²) in [6.45, 7) is 10.5. The highest BCUT2D eigenvalue weighted by Gasteiger charge is 2.60. The third-order valence-electron chi connectivity index (χ3n) is 3.99. The van der Waals surface area contributed by atoms with Crippen LogP contribution in [0.25, 0.3) is 0 Å². The largest absolute Gasteiger partial charge is 0.326 e. The number of anilines is 1. The summed E-state index contributed by atoms with van der Waals surface area (Å²) in [6.07, 6.45) is 2.22. The molecule has 1 aromatic carbocycles. The highest BCUT2D eigenvalue weighted by atomic mass is 16.2. The average Bonchev–Trinajstić information content (AvgIpc) is 2.79. The molecule has 1 aliphatic carbocycles. The Morgan fingerprint density at radius 2 is 2.00 bits per heavy atom. The normalized spacial score (nSPS) is 23.6. The standard InChI is InChI=1S/C17H23NO/c1-11(2)9-14-15(17(14,4)5)16(19)18-13-8-6-7-12(3)10-13/h6-10,14-15H,1-5H3,(H,18,19). The molecule has 1 fully saturated rings. The van der Waals surface area contributed by atoms with Gasteiger partial charge in [0, 0.05) is 5.69 Å². The summed E-state index contributed by atoms with van der Waals surface area (Å²) in [5.74, 6) is 0.586. The molecular weight excluding hydrogens is 234 g/mol. The summed E-state index contributed by atoms with van der Waals surface area (Å²) in [5, 5.41) is 3.04. The summed E-state index contributed by atoms with van der Waals surface area (Å²) >= 11 is 0. The predicted molar refractivity (Wildman–Crippen MR) is 80.0 cm³/mol. The predicted octanol–water partition coefficient (Wildman–Crippen LogP) is 4.17. The van der Waals surface area contributed by atoms with Crippen LogP contribution in [-0.2, 0) is 4.79 Å². The van der Waals surface area contributed by atoms with Crippen molar-refractivity contribution in [3.05, 3.63) is 41.5 Å². The summed E-state index contributed by atoms with van der Waals surface area (Å²) in [6, 6.07) is 7.94. The molecule has 0 heterocycles. The Morgan fingerprint density at radius 3 is 2.58 bits per heavy atom. The van der Waals surface area contributed by atoms with Crippen molar-refractivity contribution in [2.75, 3.05) is 5.32 Å². The van der Waals surface area contributed by atoms with E-state index in [9.17, 15) is 4.79 Å². The number of rotatable bonds is 3. The minimum Gasteiger partial charge on any atom is -0.326 e. The molecule has 0 radical (unpaired) electrons. The van der Waals surface area contributed by atoms with Crippen molar-refractivity contribution in [2.45, 2.75) is 34.6 Å². The first kappa shape index (κ1) is 13.9. The number of carbonyl (C=O) groups is 1. The number of nitrogens with one attached hydrogen (secondary N) is 1. The number of aryl methyl sites for hydroxylation is 1. The topological polar surface area (TPSA) is 29.1 Å². The molecule has 1 aromatic rings. The summed E-state index contributed by atoms with van der Waals surface area (Å²) in [7, 11) is 0. The van der Waals surface area contributed by atoms with Crippen molar-refractivity contribution in [1.82, 2.24) is 0 Å². The molecule has 1 aliphatic rings. The van der Waals surface area contributed by atoms with Crippen LogP contribution in [0.1, 0.15) is 33.3 Å². The molecule has 19 heavy (non-hydrogen) atoms. The Hall–Kier alpha value is -1.57. The van der Waals surface area contributed by atoms with E-state index in [0.29, 0.717) is 5.92 Å². The van der Waals surface area contributed by atoms with Crippen molar-refractivity contribution in [2.24, 2.45) is 17.3 Å². The SMILES string of the molecule is CC(C)=CC1C(C(=O)Nc2cccc(C)c2)C1(C)C. The van der Waals surface area contributed by atoms with E-state index in [2.05, 4.69) is 39.1 Å². The quantitative estimate of drug-likeness (QED) is 0.809. The van der Waals surface area contributed by atoms with Gasteiger partial charge < -0.3 is 5.32 Å². The van der Waals surface area contributed by atoms with Crippen molar-refractivity contribution in [3.8, 4) is 0 Å². The van der Waals surface area contributed by atoms with Gasteiger partial charge in [-0.1, -0.05) is 37.6 Å². The van der Waals surface area contributed by atoms with E-state index in [1.54, 1.807) is 0 Å². The van der Waals surface area contributed by atoms with Crippen LogP contribution in [0.4, 0.5) is 5.69 Å². The Bertz CT molecular complexity index is 524. The van der Waals surface area contributed by atoms with Gasteiger partial charge >= 0.3 is 0 Å². The number of allylic oxidation sites excluding steroid dienone is 2. The molecule has 0 aromatic heterocycles. The summed E-state index contributed by atoms with van der Waals surface area (Å²) in [5.41, 5.74) is 3.41. The van der Waals surface area contributed by atoms with E-state index in [0.717, 1.165) is 11.3 Å². The Kier molecular flexibility index (Phi) is 3.53. The van der Waals surface area contributed by atoms with Crippen LogP contribution in [-0.4, -0.2) is 5.91 Å². The van der Waals surface area contributed by atoms with Crippen LogP contribution in [0.5, 0.6) is 0 Å². The molecule has 1 amide bonds. The molecular formula is C17H23NO. The van der Waals surface area contributed by atoms with Crippen LogP contribution in [0, 0.1) is 24.2 Å². The van der Waals surface area contributed by atoms with Gasteiger partial charge in [0.1, 0.15) is 0 Å². The molecule has 2 atom stereocenters. The maximum Gasteiger partial charge on any atom is 0.228 e. The Balaban J connectivity index is 2.08. The third kappa shape index (κ3) is 2.89. The van der Waals surface area contributed by atoms with Gasteiger partial charge in [-0.3, -0.25) is 4.79 Å². The van der Waals surface area contributed by atoms with Crippen LogP contribution >= 0.6 is 0 Å². The zero-order chi connectivity index (χ0) is 14.2. The van der Waals surface area contributed by atoms with Crippen LogP contribution in [0.15, 0.2) is 35.9 Å². The fourth-order valence-electron chi connectivity index (χ4n) is 2.79. The molecule has 0 bridgehead atoms. The second-order valence-corrected chi connectivity index (χ2v) is 6.43. The lowest BCUT2D eigenvalue weighted by Gasteiger charge is -2.06. The van der Waals surface area contributed by atoms with Gasteiger partial charge in [-0.2, -0.15) is 0 Å². The van der Waals surface area contributed by atoms with Gasteiger partial charge in [0.05, 0.1) is 5.92 Å². The lowest BCUT2D eigenvalue weighted by molar-refractivity contribution is -0.118. The first-order valence-corrected chi connectivity index (χ1v) is 6.85. The fourth-order valence-corrected chi connectivity index (χ4v) is 2.79. The zero-order valence-electron chi connectivity index (χ0n) is 12.4. The molecule has 102 valence electrons. The number of benzene rings is 1. The van der Waals surface area contributed by atoms with Crippen molar-refractivity contribution in [3.63, 3.8) is 0 Å². The minimum atomic E-state index is 0.0746. The monoisotopic (exact) mass is 257 g/mol. The van der Waals surface area contributed by atoms with Crippen LogP contribution in [0.3, 0.4) is 0 Å². The first-order chi connectivity index (χ1) is 8.82. The zero-order valence-corrected chi connectivity index (χ0v) is 12.4. The second kappa shape index (κ2) is 4.84. The van der Waals surface area contributed by atoms with E-state index in [1.165, 1.54) is 5.57 Å². The van der Waals surface area contributed by atoms with Gasteiger partial charge in [0.25, 0.3) is 0 Å². The minimum absolute atomic E-state index is 0.0746. The van der Waals surface area contributed by atoms with E-state index in [4.69, 9.17) is 0 Å². The molecule has 2 heteroatoms. The van der Waals surface area contributed by atoms with Crippen molar-refractivity contribution in [1.29, 1.82) is 0 Å². The molecule has 1 saturated carbocycles. The van der Waals surface area contributed by atoms with Gasteiger partial charge in [0.2, 0.25) is 5.91 Å². The van der Waals surface area contributed by atoms with E-state index in [1.807, 2.05) is 31.2 Å².